The Morgan fingerprint density at radius 1 is 0.395 bits per heavy atom. The molecule has 0 heterocycles. The Bertz CT molecular complexity index is 1300. The Morgan fingerprint density at radius 2 is 0.651 bits per heavy atom. The number of benzene rings is 4. The second kappa shape index (κ2) is 16.8. The smallest absolute Gasteiger partial charge is 0.335 e. The summed E-state index contributed by atoms with van der Waals surface area (Å²) < 4.78 is 11.8. The summed E-state index contributed by atoms with van der Waals surface area (Å²) in [5, 5.41) is 18.1. The van der Waals surface area contributed by atoms with E-state index in [1.165, 1.54) is 44.9 Å². The minimum Gasteiger partial charge on any atom is -0.494 e. The molecular weight excluding hydrogens is 540 g/mol. The molecule has 0 saturated carbocycles. The molecule has 4 aromatic rings. The molecule has 0 atom stereocenters. The molecule has 0 radical (unpaired) electrons. The van der Waals surface area contributed by atoms with Crippen molar-refractivity contribution in [1.29, 1.82) is 0 Å². The quantitative estimate of drug-likeness (QED) is 0.114. The van der Waals surface area contributed by atoms with Crippen LogP contribution in [0.15, 0.2) is 97.1 Å². The van der Waals surface area contributed by atoms with Gasteiger partial charge in [0.1, 0.15) is 11.5 Å². The molecule has 6 nitrogen and oxygen atoms in total. The average Bonchev–Trinajstić information content (AvgIpc) is 3.04. The van der Waals surface area contributed by atoms with Crippen molar-refractivity contribution in [3.63, 3.8) is 0 Å². The van der Waals surface area contributed by atoms with E-state index < -0.39 is 11.9 Å². The first-order chi connectivity index (χ1) is 21.0. The van der Waals surface area contributed by atoms with Gasteiger partial charge in [-0.3, -0.25) is 0 Å². The predicted octanol–water partition coefficient (Wildman–Crippen LogP) is 9.39. The maximum Gasteiger partial charge on any atom is 0.335 e. The lowest BCUT2D eigenvalue weighted by atomic mass is 10.0. The fourth-order valence-electron chi connectivity index (χ4n) is 4.92. The van der Waals surface area contributed by atoms with E-state index in [1.54, 1.807) is 24.3 Å². The topological polar surface area (TPSA) is 93.1 Å². The van der Waals surface area contributed by atoms with E-state index in [2.05, 4.69) is 0 Å². The Morgan fingerprint density at radius 3 is 0.930 bits per heavy atom. The van der Waals surface area contributed by atoms with Gasteiger partial charge in [0.25, 0.3) is 0 Å². The molecule has 0 aliphatic rings. The molecule has 0 spiro atoms. The van der Waals surface area contributed by atoms with Crippen molar-refractivity contribution < 1.29 is 29.3 Å². The van der Waals surface area contributed by atoms with Crippen LogP contribution in [0.25, 0.3) is 22.3 Å². The molecule has 4 aromatic carbocycles. The fourth-order valence-corrected chi connectivity index (χ4v) is 4.92. The van der Waals surface area contributed by atoms with Crippen LogP contribution < -0.4 is 9.47 Å². The number of hydrogen-bond acceptors (Lipinski definition) is 4. The summed E-state index contributed by atoms with van der Waals surface area (Å²) in [6.07, 6.45) is 10.7. The fraction of sp³-hybridized carbons (Fsp3) is 0.297. The predicted molar refractivity (Wildman–Crippen MR) is 170 cm³/mol. The van der Waals surface area contributed by atoms with Crippen LogP contribution >= 0.6 is 0 Å². The first-order valence-electron chi connectivity index (χ1n) is 15.1. The lowest BCUT2D eigenvalue weighted by molar-refractivity contribution is 0.0686. The van der Waals surface area contributed by atoms with Gasteiger partial charge < -0.3 is 19.7 Å². The number of rotatable bonds is 18. The molecule has 224 valence electrons. The third kappa shape index (κ3) is 10.3. The van der Waals surface area contributed by atoms with Crippen LogP contribution in [-0.2, 0) is 0 Å². The first kappa shape index (κ1) is 31.4. The van der Waals surface area contributed by atoms with Gasteiger partial charge in [0.2, 0.25) is 0 Å². The Balaban J connectivity index is 0.977. The third-order valence-corrected chi connectivity index (χ3v) is 7.47. The lowest BCUT2D eigenvalue weighted by Gasteiger charge is -2.08. The Labute approximate surface area is 253 Å². The highest BCUT2D eigenvalue weighted by Gasteiger charge is 2.05. The van der Waals surface area contributed by atoms with Gasteiger partial charge in [-0.15, -0.1) is 0 Å². The minimum absolute atomic E-state index is 0.288. The van der Waals surface area contributed by atoms with E-state index in [1.807, 2.05) is 72.8 Å². The second-order valence-electron chi connectivity index (χ2n) is 10.7. The van der Waals surface area contributed by atoms with Crippen LogP contribution in [0.3, 0.4) is 0 Å². The number of ether oxygens (including phenoxy) is 2. The maximum absolute atomic E-state index is 11.0. The molecule has 6 heteroatoms. The van der Waals surface area contributed by atoms with Gasteiger partial charge in [0, 0.05) is 0 Å². The number of aromatic carboxylic acids is 2. The van der Waals surface area contributed by atoms with Gasteiger partial charge in [-0.05, 0) is 83.6 Å². The number of unbranched alkanes of at least 4 members (excludes halogenated alkanes) is 8. The zero-order valence-electron chi connectivity index (χ0n) is 24.5. The van der Waals surface area contributed by atoms with Crippen molar-refractivity contribution in [3.8, 4) is 33.8 Å². The number of carboxylic acids is 2. The van der Waals surface area contributed by atoms with E-state index in [0.29, 0.717) is 0 Å². The molecule has 2 N–H and O–H groups in total. The molecule has 43 heavy (non-hydrogen) atoms. The highest BCUT2D eigenvalue weighted by Crippen LogP contribution is 2.24. The van der Waals surface area contributed by atoms with Crippen LogP contribution in [-0.4, -0.2) is 35.4 Å². The second-order valence-corrected chi connectivity index (χ2v) is 10.7. The molecular formula is C37H40O6. The van der Waals surface area contributed by atoms with E-state index in [9.17, 15) is 9.59 Å². The minimum atomic E-state index is -0.917. The highest BCUT2D eigenvalue weighted by atomic mass is 16.5. The monoisotopic (exact) mass is 580 g/mol. The highest BCUT2D eigenvalue weighted by molar-refractivity contribution is 5.89. The van der Waals surface area contributed by atoms with Gasteiger partial charge in [-0.1, -0.05) is 93.5 Å². The van der Waals surface area contributed by atoms with Gasteiger partial charge in [-0.2, -0.15) is 0 Å². The Kier molecular flexibility index (Phi) is 12.2. The largest absolute Gasteiger partial charge is 0.494 e. The maximum atomic E-state index is 11.0. The van der Waals surface area contributed by atoms with E-state index in [0.717, 1.165) is 59.8 Å². The summed E-state index contributed by atoms with van der Waals surface area (Å²) in [4.78, 5) is 22.0. The number of carboxylic acid groups (broad SMARTS) is 2. The molecule has 0 saturated heterocycles. The Hall–Kier alpha value is -4.58. The molecule has 4 rings (SSSR count). The molecule has 0 bridgehead atoms. The molecule has 0 amide bonds. The zero-order valence-corrected chi connectivity index (χ0v) is 24.5. The van der Waals surface area contributed by atoms with Crippen molar-refractivity contribution in [1.82, 2.24) is 0 Å². The number of carbonyl (C=O) groups is 2. The van der Waals surface area contributed by atoms with Crippen LogP contribution in [0, 0.1) is 0 Å². The summed E-state index contributed by atoms with van der Waals surface area (Å²) >= 11 is 0. The standard InChI is InChI=1S/C37H40O6/c38-36(39)32-14-10-28(11-15-32)30-18-22-34(23-19-30)42-26-8-6-4-2-1-3-5-7-9-27-43-35-24-20-31(21-25-35)29-12-16-33(17-13-29)37(40)41/h10-25H,1-9,26-27H2,(H,38,39)(H,40,41). The van der Waals surface area contributed by atoms with Gasteiger partial charge in [-0.25, -0.2) is 9.59 Å². The summed E-state index contributed by atoms with van der Waals surface area (Å²) in [5.74, 6) is -0.118. The van der Waals surface area contributed by atoms with Crippen LogP contribution in [0.1, 0.15) is 78.5 Å². The van der Waals surface area contributed by atoms with E-state index in [-0.39, 0.29) is 11.1 Å². The van der Waals surface area contributed by atoms with E-state index in [4.69, 9.17) is 19.7 Å². The summed E-state index contributed by atoms with van der Waals surface area (Å²) in [5.41, 5.74) is 4.61. The van der Waals surface area contributed by atoms with E-state index >= 15 is 0 Å². The molecule has 0 fully saturated rings. The molecule has 0 aliphatic heterocycles. The van der Waals surface area contributed by atoms with Crippen molar-refractivity contribution >= 4 is 11.9 Å². The zero-order chi connectivity index (χ0) is 30.3. The van der Waals surface area contributed by atoms with Crippen molar-refractivity contribution in [3.05, 3.63) is 108 Å². The molecule has 0 aliphatic carbocycles. The SMILES string of the molecule is O=C(O)c1ccc(-c2ccc(OCCCCCCCCCCCOc3ccc(-c4ccc(C(=O)O)cc4)cc3)cc2)cc1. The lowest BCUT2D eigenvalue weighted by Crippen LogP contribution is -1.98. The van der Waals surface area contributed by atoms with Gasteiger partial charge >= 0.3 is 11.9 Å². The first-order valence-corrected chi connectivity index (χ1v) is 15.1. The van der Waals surface area contributed by atoms with Crippen molar-refractivity contribution in [2.45, 2.75) is 57.8 Å². The van der Waals surface area contributed by atoms with Gasteiger partial charge in [0.15, 0.2) is 0 Å². The van der Waals surface area contributed by atoms with Crippen LogP contribution in [0.4, 0.5) is 0 Å². The van der Waals surface area contributed by atoms with Crippen molar-refractivity contribution in [2.24, 2.45) is 0 Å². The molecule has 0 aromatic heterocycles. The van der Waals surface area contributed by atoms with Crippen molar-refractivity contribution in [2.75, 3.05) is 13.2 Å². The third-order valence-electron chi connectivity index (χ3n) is 7.47. The summed E-state index contributed by atoms with van der Waals surface area (Å²) in [6.45, 7) is 1.44. The normalized spacial score (nSPS) is 10.8. The summed E-state index contributed by atoms with van der Waals surface area (Å²) in [6, 6.07) is 29.7. The van der Waals surface area contributed by atoms with Crippen LogP contribution in [0.2, 0.25) is 0 Å². The van der Waals surface area contributed by atoms with Crippen LogP contribution in [0.5, 0.6) is 11.5 Å². The van der Waals surface area contributed by atoms with Gasteiger partial charge in [0.05, 0.1) is 24.3 Å². The summed E-state index contributed by atoms with van der Waals surface area (Å²) in [7, 11) is 0. The molecule has 0 unspecified atom stereocenters. The number of hydrogen-bond donors (Lipinski definition) is 2. The average molecular weight is 581 g/mol.